The van der Waals surface area contributed by atoms with Crippen LogP contribution in [0.25, 0.3) is 0 Å². The lowest BCUT2D eigenvalue weighted by Crippen LogP contribution is -2.29. The SMILES string of the molecule is CC=CCC(=O)N1CCCC1c1ccc(C(=O)Nc2c(CC)c(C)nn2C)s1. The number of likely N-dealkylation sites (tertiary alicyclic amines) is 1. The van der Waals surface area contributed by atoms with Crippen LogP contribution in [0.15, 0.2) is 24.3 Å². The number of aromatic nitrogens is 2. The quantitative estimate of drug-likeness (QED) is 0.738. The molecule has 1 unspecified atom stereocenters. The maximum Gasteiger partial charge on any atom is 0.266 e. The van der Waals surface area contributed by atoms with Crippen LogP contribution in [0.2, 0.25) is 0 Å². The Morgan fingerprint density at radius 3 is 2.89 bits per heavy atom. The minimum atomic E-state index is -0.126. The van der Waals surface area contributed by atoms with Crippen molar-refractivity contribution in [1.29, 1.82) is 0 Å². The monoisotopic (exact) mass is 400 g/mol. The molecule has 0 aliphatic carbocycles. The molecule has 0 spiro atoms. The number of nitrogens with zero attached hydrogens (tertiary/aromatic N) is 3. The Balaban J connectivity index is 1.75. The Morgan fingerprint density at radius 1 is 1.39 bits per heavy atom. The number of carbonyl (C=O) groups is 2. The zero-order valence-electron chi connectivity index (χ0n) is 17.0. The van der Waals surface area contributed by atoms with Gasteiger partial charge in [0, 0.05) is 30.5 Å². The molecule has 1 atom stereocenters. The van der Waals surface area contributed by atoms with Crippen LogP contribution in [0.3, 0.4) is 0 Å². The van der Waals surface area contributed by atoms with Gasteiger partial charge < -0.3 is 10.2 Å². The lowest BCUT2D eigenvalue weighted by Gasteiger charge is -2.23. The Bertz CT molecular complexity index is 896. The van der Waals surface area contributed by atoms with Gasteiger partial charge in [0.2, 0.25) is 5.91 Å². The second-order valence-electron chi connectivity index (χ2n) is 7.06. The van der Waals surface area contributed by atoms with Crippen LogP contribution in [0.5, 0.6) is 0 Å². The van der Waals surface area contributed by atoms with Gasteiger partial charge in [0.1, 0.15) is 5.82 Å². The summed E-state index contributed by atoms with van der Waals surface area (Å²) in [6.45, 7) is 6.72. The van der Waals surface area contributed by atoms with Crippen molar-refractivity contribution in [2.45, 2.75) is 52.5 Å². The van der Waals surface area contributed by atoms with Crippen molar-refractivity contribution in [3.63, 3.8) is 0 Å². The van der Waals surface area contributed by atoms with E-state index in [1.165, 1.54) is 11.3 Å². The van der Waals surface area contributed by atoms with Crippen LogP contribution in [-0.2, 0) is 18.3 Å². The highest BCUT2D eigenvalue weighted by Crippen LogP contribution is 2.36. The van der Waals surface area contributed by atoms with Crippen LogP contribution < -0.4 is 5.32 Å². The Labute approximate surface area is 170 Å². The summed E-state index contributed by atoms with van der Waals surface area (Å²) in [5, 5.41) is 7.42. The molecule has 28 heavy (non-hydrogen) atoms. The topological polar surface area (TPSA) is 67.2 Å². The third-order valence-corrected chi connectivity index (χ3v) is 6.40. The number of carbonyl (C=O) groups excluding carboxylic acids is 2. The van der Waals surface area contributed by atoms with Gasteiger partial charge in [-0.15, -0.1) is 11.3 Å². The van der Waals surface area contributed by atoms with Crippen molar-refractivity contribution in [3.05, 3.63) is 45.3 Å². The first kappa shape index (κ1) is 20.3. The van der Waals surface area contributed by atoms with Crippen molar-refractivity contribution in [2.24, 2.45) is 7.05 Å². The van der Waals surface area contributed by atoms with Crippen molar-refractivity contribution >= 4 is 29.0 Å². The molecule has 1 N–H and O–H groups in total. The van der Waals surface area contributed by atoms with E-state index in [0.29, 0.717) is 11.3 Å². The van der Waals surface area contributed by atoms with Gasteiger partial charge >= 0.3 is 0 Å². The summed E-state index contributed by atoms with van der Waals surface area (Å²) in [5.41, 5.74) is 2.00. The van der Waals surface area contributed by atoms with Gasteiger partial charge in [-0.2, -0.15) is 5.10 Å². The van der Waals surface area contributed by atoms with E-state index >= 15 is 0 Å². The summed E-state index contributed by atoms with van der Waals surface area (Å²) < 4.78 is 1.72. The van der Waals surface area contributed by atoms with Crippen LogP contribution in [-0.4, -0.2) is 33.0 Å². The van der Waals surface area contributed by atoms with Gasteiger partial charge in [-0.05, 0) is 45.2 Å². The molecule has 3 rings (SSSR count). The average molecular weight is 401 g/mol. The van der Waals surface area contributed by atoms with E-state index < -0.39 is 0 Å². The lowest BCUT2D eigenvalue weighted by molar-refractivity contribution is -0.131. The number of rotatable bonds is 6. The largest absolute Gasteiger partial charge is 0.335 e. The highest BCUT2D eigenvalue weighted by Gasteiger charge is 2.30. The molecule has 1 saturated heterocycles. The fourth-order valence-corrected chi connectivity index (χ4v) is 4.85. The molecule has 2 aromatic rings. The maximum atomic E-state index is 12.8. The number of anilines is 1. The van der Waals surface area contributed by atoms with E-state index in [0.717, 1.165) is 47.8 Å². The summed E-state index contributed by atoms with van der Waals surface area (Å²) >= 11 is 1.47. The van der Waals surface area contributed by atoms with Gasteiger partial charge in [0.25, 0.3) is 5.91 Å². The number of amides is 2. The van der Waals surface area contributed by atoms with E-state index in [1.54, 1.807) is 4.68 Å². The predicted octanol–water partition coefficient (Wildman–Crippen LogP) is 4.23. The summed E-state index contributed by atoms with van der Waals surface area (Å²) in [5.74, 6) is 0.778. The third-order valence-electron chi connectivity index (χ3n) is 5.21. The number of hydrogen-bond acceptors (Lipinski definition) is 4. The van der Waals surface area contributed by atoms with Gasteiger partial charge in [-0.3, -0.25) is 14.3 Å². The van der Waals surface area contributed by atoms with Crippen molar-refractivity contribution in [3.8, 4) is 0 Å². The van der Waals surface area contributed by atoms with Crippen molar-refractivity contribution in [2.75, 3.05) is 11.9 Å². The van der Waals surface area contributed by atoms with Gasteiger partial charge in [0.15, 0.2) is 0 Å². The molecule has 0 bridgehead atoms. The first-order chi connectivity index (χ1) is 13.5. The lowest BCUT2D eigenvalue weighted by atomic mass is 10.1. The molecule has 2 amide bonds. The molecule has 0 radical (unpaired) electrons. The molecule has 2 aromatic heterocycles. The Hall–Kier alpha value is -2.41. The number of hydrogen-bond donors (Lipinski definition) is 1. The third kappa shape index (κ3) is 4.04. The minimum absolute atomic E-state index is 0.0782. The maximum absolute atomic E-state index is 12.8. The van der Waals surface area contributed by atoms with Gasteiger partial charge in [0.05, 0.1) is 16.6 Å². The van der Waals surface area contributed by atoms with E-state index in [9.17, 15) is 9.59 Å². The molecule has 1 aliphatic heterocycles. The molecule has 3 heterocycles. The summed E-state index contributed by atoms with van der Waals surface area (Å²) in [6, 6.07) is 3.92. The van der Waals surface area contributed by atoms with Crippen molar-refractivity contribution in [1.82, 2.24) is 14.7 Å². The summed E-state index contributed by atoms with van der Waals surface area (Å²) in [4.78, 5) is 29.0. The zero-order valence-corrected chi connectivity index (χ0v) is 17.8. The van der Waals surface area contributed by atoms with E-state index in [4.69, 9.17) is 0 Å². The minimum Gasteiger partial charge on any atom is -0.335 e. The second kappa shape index (κ2) is 8.73. The van der Waals surface area contributed by atoms with Gasteiger partial charge in [-0.1, -0.05) is 19.1 Å². The van der Waals surface area contributed by atoms with E-state index in [1.807, 2.05) is 50.1 Å². The molecule has 6 nitrogen and oxygen atoms in total. The van der Waals surface area contributed by atoms with Crippen LogP contribution in [0.1, 0.15) is 65.0 Å². The summed E-state index contributed by atoms with van der Waals surface area (Å²) in [7, 11) is 1.84. The fourth-order valence-electron chi connectivity index (χ4n) is 3.80. The standard InChI is InChI=1S/C21H28N4O2S/c1-5-7-10-19(26)25-13-8-9-16(25)17-11-12-18(28-17)21(27)22-20-15(6-2)14(3)23-24(20)4/h5,7,11-12,16H,6,8-10,13H2,1-4H3,(H,22,27). The van der Waals surface area contributed by atoms with Gasteiger partial charge in [-0.25, -0.2) is 0 Å². The number of aryl methyl sites for hydroxylation is 2. The smallest absolute Gasteiger partial charge is 0.266 e. The zero-order chi connectivity index (χ0) is 20.3. The highest BCUT2D eigenvalue weighted by molar-refractivity contribution is 7.14. The van der Waals surface area contributed by atoms with Crippen LogP contribution in [0.4, 0.5) is 5.82 Å². The molecular weight excluding hydrogens is 372 g/mol. The van der Waals surface area contributed by atoms with E-state index in [-0.39, 0.29) is 17.9 Å². The molecule has 0 saturated carbocycles. The molecule has 150 valence electrons. The highest BCUT2D eigenvalue weighted by atomic mass is 32.1. The molecule has 0 aromatic carbocycles. The number of allylic oxidation sites excluding steroid dienone is 1. The number of nitrogens with one attached hydrogen (secondary N) is 1. The summed E-state index contributed by atoms with van der Waals surface area (Å²) in [6.07, 6.45) is 7.00. The first-order valence-electron chi connectivity index (χ1n) is 9.80. The molecule has 1 fully saturated rings. The van der Waals surface area contributed by atoms with E-state index in [2.05, 4.69) is 17.3 Å². The fraction of sp³-hybridized carbons (Fsp3) is 0.476. The van der Waals surface area contributed by atoms with Crippen LogP contribution >= 0.6 is 11.3 Å². The predicted molar refractivity (Wildman–Crippen MR) is 113 cm³/mol. The Kier molecular flexibility index (Phi) is 6.34. The molecular formula is C21H28N4O2S. The van der Waals surface area contributed by atoms with Crippen LogP contribution in [0, 0.1) is 6.92 Å². The molecule has 1 aliphatic rings. The normalized spacial score (nSPS) is 16.9. The average Bonchev–Trinajstić information content (AvgIpc) is 3.38. The molecule has 7 heteroatoms. The Morgan fingerprint density at radius 2 is 2.18 bits per heavy atom. The van der Waals surface area contributed by atoms with Crippen molar-refractivity contribution < 1.29 is 9.59 Å². The first-order valence-corrected chi connectivity index (χ1v) is 10.6. The number of thiophene rings is 1. The second-order valence-corrected chi connectivity index (χ2v) is 8.18.